The highest BCUT2D eigenvalue weighted by Crippen LogP contribution is 2.41. The minimum absolute atomic E-state index is 0.852. The van der Waals surface area contributed by atoms with Crippen LogP contribution in [0.3, 0.4) is 0 Å². The van der Waals surface area contributed by atoms with Crippen LogP contribution in [0.15, 0.2) is 0 Å². The first-order valence-electron chi connectivity index (χ1n) is 38.7. The highest BCUT2D eigenvalue weighted by Gasteiger charge is 2.62. The van der Waals surface area contributed by atoms with Crippen LogP contribution in [0.4, 0.5) is 0 Å². The molecule has 0 aliphatic carbocycles. The predicted molar refractivity (Wildman–Crippen MR) is 372 cm³/mol. The summed E-state index contributed by atoms with van der Waals surface area (Å²) >= 11 is 0. The lowest BCUT2D eigenvalue weighted by molar-refractivity contribution is -0.402. The molecule has 0 aromatic heterocycles. The molecule has 0 aromatic rings. The van der Waals surface area contributed by atoms with Gasteiger partial charge in [-0.15, -0.1) is 0 Å². The van der Waals surface area contributed by atoms with Crippen LogP contribution in [-0.4, -0.2) is 504 Å². The summed E-state index contributed by atoms with van der Waals surface area (Å²) in [6.45, 7) is -0.104. The lowest BCUT2D eigenvalue weighted by atomic mass is 9.93. The Kier molecular flexibility index (Phi) is 34.7. The Morgan fingerprint density at radius 3 is 1.01 bits per heavy atom. The zero-order valence-corrected chi connectivity index (χ0v) is 65.4. The molecule has 694 valence electrons. The quantitative estimate of drug-likeness (QED) is 0.0331. The zero-order chi connectivity index (χ0) is 88.4. The van der Waals surface area contributed by atoms with Crippen molar-refractivity contribution in [1.82, 2.24) is 21.3 Å². The lowest BCUT2D eigenvalue weighted by Crippen LogP contribution is -2.72. The second-order valence-corrected chi connectivity index (χ2v) is 31.0. The van der Waals surface area contributed by atoms with E-state index in [2.05, 4.69) is 21.3 Å². The van der Waals surface area contributed by atoms with Crippen molar-refractivity contribution in [3.05, 3.63) is 0 Å². The van der Waals surface area contributed by atoms with E-state index in [9.17, 15) is 147 Å². The number of ether oxygens (including phenoxy) is 19. The van der Waals surface area contributed by atoms with Gasteiger partial charge in [-0.25, -0.2) is 0 Å². The second-order valence-electron chi connectivity index (χ2n) is 31.0. The van der Waals surface area contributed by atoms with Gasteiger partial charge in [0.1, 0.15) is 226 Å². The molecule has 52 nitrogen and oxygen atoms in total. The van der Waals surface area contributed by atoms with Crippen LogP contribution >= 0.6 is 0 Å². The lowest BCUT2D eigenvalue weighted by Gasteiger charge is -2.52. The van der Waals surface area contributed by atoms with Crippen molar-refractivity contribution >= 4 is 23.6 Å². The van der Waals surface area contributed by atoms with E-state index in [4.69, 9.17) is 90.0 Å². The summed E-state index contributed by atoms with van der Waals surface area (Å²) in [7, 11) is 0. The average molecular weight is 1760 g/mol. The van der Waals surface area contributed by atoms with E-state index in [1.54, 1.807) is 0 Å². The summed E-state index contributed by atoms with van der Waals surface area (Å²) in [6.07, 6.45) is -93.6. The average Bonchev–Trinajstić information content (AvgIpc) is 0.770. The van der Waals surface area contributed by atoms with Crippen molar-refractivity contribution in [1.29, 1.82) is 0 Å². The first-order chi connectivity index (χ1) is 56.6. The van der Waals surface area contributed by atoms with Crippen LogP contribution in [-0.2, 0) is 109 Å². The fourth-order valence-electron chi connectivity index (χ4n) is 15.7. The van der Waals surface area contributed by atoms with Gasteiger partial charge in [0.25, 0.3) is 0 Å². The van der Waals surface area contributed by atoms with E-state index in [1.807, 2.05) is 0 Å². The molecule has 50 atom stereocenters. The molecule has 4 amide bonds. The monoisotopic (exact) mass is 1750 g/mol. The van der Waals surface area contributed by atoms with Crippen LogP contribution in [0.1, 0.15) is 48.5 Å². The molecule has 120 heavy (non-hydrogen) atoms. The summed E-state index contributed by atoms with van der Waals surface area (Å²) in [4.78, 5) is 52.6. The van der Waals surface area contributed by atoms with E-state index in [0.717, 1.165) is 27.7 Å². The molecule has 29 N–H and O–H groups in total. The molecule has 0 radical (unpaired) electrons. The fraction of sp³-hybridized carbons (Fsp3) is 0.941. The molecule has 10 aliphatic rings. The van der Waals surface area contributed by atoms with Gasteiger partial charge in [-0.1, -0.05) is 0 Å². The molecule has 10 saturated heterocycles. The summed E-state index contributed by atoms with van der Waals surface area (Å²) in [5.74, 6) is -3.76. The van der Waals surface area contributed by atoms with Crippen LogP contribution in [0, 0.1) is 0 Å². The van der Waals surface area contributed by atoms with Gasteiger partial charge in [0.15, 0.2) is 62.9 Å². The van der Waals surface area contributed by atoms with Crippen molar-refractivity contribution in [2.75, 3.05) is 46.2 Å². The van der Waals surface area contributed by atoms with Gasteiger partial charge >= 0.3 is 0 Å². The van der Waals surface area contributed by atoms with Crippen molar-refractivity contribution in [2.45, 2.75) is 355 Å². The molecule has 10 fully saturated rings. The molecular weight excluding hydrogens is 1640 g/mol. The SMILES string of the molecule is CC(=O)N[C@H]1[C@H](O[C@H]2[C@H](O[C@H]3O[C@H](C)[C@H](O)[C@H](O)[C@H]3O)[C@@H](NC(C)=O)C(O)O[C@@H]2CO[C@H]2O[C@H](C)[C@H](O)[C@H](O)[C@H]2O)O[C@H](CO)[C@@H](O[C@H]2O[C@@H](CO[C@@H]3O[C@@H](CO)[C@H](O)[C@@H](O)[C@H]3O)[C@H](O)[C@@H](O[C@@H]3O[C@@H](CO)[C@H](O)[C@@H](O)[C@H]3O[C@@H]3O[C@H](CO)[C@@H](O[C@@H]4O[C@H](CO)[C@@H](O)[C@H](O)[C@H]4NC(C)=O)[C@H](O[C@H]4O[C@H](C)[C@H](O)[C@H](O)[C@H]4O)[C@H]3NC(C)=O)[C@H]2O)[C@@H]1O. The molecule has 0 aromatic carbocycles. The molecular formula is C68H114N4O48. The minimum Gasteiger partial charge on any atom is -0.394 e. The van der Waals surface area contributed by atoms with E-state index >= 15 is 0 Å². The number of amides is 4. The van der Waals surface area contributed by atoms with Crippen LogP contribution in [0.2, 0.25) is 0 Å². The minimum atomic E-state index is -2.60. The van der Waals surface area contributed by atoms with Crippen molar-refractivity contribution in [3.8, 4) is 0 Å². The molecule has 52 heteroatoms. The number of hydrogen-bond acceptors (Lipinski definition) is 48. The maximum absolute atomic E-state index is 13.6. The number of aliphatic hydroxyl groups excluding tert-OH is 25. The molecule has 10 heterocycles. The Balaban J connectivity index is 1.00. The van der Waals surface area contributed by atoms with E-state index in [1.165, 1.54) is 20.8 Å². The predicted octanol–water partition coefficient (Wildman–Crippen LogP) is -19.1. The first kappa shape index (κ1) is 98.3. The van der Waals surface area contributed by atoms with Crippen molar-refractivity contribution in [2.24, 2.45) is 0 Å². The number of aliphatic hydroxyl groups is 25. The number of carbonyl (C=O) groups excluding carboxylic acids is 4. The van der Waals surface area contributed by atoms with Crippen LogP contribution in [0.5, 0.6) is 0 Å². The van der Waals surface area contributed by atoms with Crippen molar-refractivity contribution in [3.63, 3.8) is 0 Å². The topological polar surface area (TPSA) is 798 Å². The Morgan fingerprint density at radius 1 is 0.233 bits per heavy atom. The molecule has 0 saturated carbocycles. The van der Waals surface area contributed by atoms with Crippen LogP contribution in [0.25, 0.3) is 0 Å². The molecule has 0 bridgehead atoms. The van der Waals surface area contributed by atoms with E-state index in [0.29, 0.717) is 0 Å². The summed E-state index contributed by atoms with van der Waals surface area (Å²) in [5, 5.41) is 290. The second kappa shape index (κ2) is 42.4. The highest BCUT2D eigenvalue weighted by molar-refractivity contribution is 5.74. The van der Waals surface area contributed by atoms with E-state index < -0.39 is 377 Å². The van der Waals surface area contributed by atoms with Gasteiger partial charge in [-0.05, 0) is 20.8 Å². The van der Waals surface area contributed by atoms with Gasteiger partial charge in [0.05, 0.1) is 64.6 Å². The van der Waals surface area contributed by atoms with Gasteiger partial charge in [-0.3, -0.25) is 19.2 Å². The summed E-state index contributed by atoms with van der Waals surface area (Å²) < 4.78 is 115. The molecule has 10 aliphatic heterocycles. The number of hydrogen-bond donors (Lipinski definition) is 29. The summed E-state index contributed by atoms with van der Waals surface area (Å²) in [5.41, 5.74) is 0. The third-order valence-corrected chi connectivity index (χ3v) is 22.3. The highest BCUT2D eigenvalue weighted by atomic mass is 16.8. The van der Waals surface area contributed by atoms with Gasteiger partial charge in [-0.2, -0.15) is 0 Å². The van der Waals surface area contributed by atoms with E-state index in [-0.39, 0.29) is 0 Å². The maximum atomic E-state index is 13.6. The Bertz CT molecular complexity index is 3250. The third kappa shape index (κ3) is 21.6. The smallest absolute Gasteiger partial charge is 0.217 e. The summed E-state index contributed by atoms with van der Waals surface area (Å²) in [6, 6.07) is -7.71. The zero-order valence-electron chi connectivity index (χ0n) is 65.4. The van der Waals surface area contributed by atoms with Gasteiger partial charge in [0.2, 0.25) is 23.6 Å². The normalized spacial score (nSPS) is 50.3. The van der Waals surface area contributed by atoms with Crippen molar-refractivity contribution < 1.29 is 237 Å². The third-order valence-electron chi connectivity index (χ3n) is 22.3. The molecule has 0 spiro atoms. The maximum Gasteiger partial charge on any atom is 0.217 e. The van der Waals surface area contributed by atoms with Gasteiger partial charge in [0, 0.05) is 27.7 Å². The van der Waals surface area contributed by atoms with Crippen LogP contribution < -0.4 is 21.3 Å². The number of carbonyl (C=O) groups is 4. The Morgan fingerprint density at radius 2 is 0.533 bits per heavy atom. The first-order valence-corrected chi connectivity index (χ1v) is 38.7. The van der Waals surface area contributed by atoms with Gasteiger partial charge < -0.3 is 239 Å². The fourth-order valence-corrected chi connectivity index (χ4v) is 15.7. The standard InChI is InChI=1S/C68H114N4O48/c1-15-33(82)42(91)47(96)63(104-15)103-14-28-54(55(31(59(101)107-28)71-20(6)80)117-65-49(98)43(92)34(83)16(2)105-65)116-61-30(70-19(5)79)41(90)52(25(11-76)111-61)114-67-51(100)57(39(88)27(113-67)13-102-64-48(97)45(94)37(86)23(9-74)109-64)119-68-58(46(95)38(87)24(10-75)110-68)120-62-32(72-21(7)81)56(118-66-50(99)44(93)35(84)17(3)106-66)53(26(12-77)112-62)115-60-29(69-18(4)78)40(89)36(85)22(8-73)108-60/h15-17,22-68,73-77,82-101H,8-14H2,1-7H3,(H,69,78)(H,70,79)(H,71,80)(H,72,81)/t15-,16-,17-,22-,23+,24+,25-,26-,27+,28-,29-,30-,31-,32-,33+,34+,35+,36-,37+,38+,39+,40-,41-,42+,43+,44+,45-,46-,47-,48-,49-,50-,51-,52-,53-,54-,55-,56-,57-,58-,59?,60+,61+,62+,63+,64-,65-,66-,67-,68+/m1/s1. The Hall–Kier alpha value is -3.88. The number of rotatable bonds is 29. The largest absolute Gasteiger partial charge is 0.394 e. The molecule has 10 rings (SSSR count). The Labute approximate surface area is 681 Å². The number of nitrogens with one attached hydrogen (secondary N) is 4. The molecule has 1 unspecified atom stereocenters.